The molecule has 1 aromatic carbocycles. The van der Waals surface area contributed by atoms with Gasteiger partial charge in [0.2, 0.25) is 5.91 Å². The molecule has 5 nitrogen and oxygen atoms in total. The summed E-state index contributed by atoms with van der Waals surface area (Å²) in [5, 5.41) is 6.30. The number of ether oxygens (including phenoxy) is 2. The van der Waals surface area contributed by atoms with Gasteiger partial charge < -0.3 is 20.1 Å². The Hall–Kier alpha value is -1.67. The first-order valence-electron chi connectivity index (χ1n) is 9.05. The van der Waals surface area contributed by atoms with Gasteiger partial charge >= 0.3 is 6.18 Å². The number of hydrogen-bond donors (Lipinski definition) is 2. The molecular formula is C19H28ClF3N2O3. The summed E-state index contributed by atoms with van der Waals surface area (Å²) in [5.74, 6) is 0.215. The van der Waals surface area contributed by atoms with E-state index in [1.807, 2.05) is 0 Å². The SMILES string of the molecule is COc1cc(CCC(=O)NCC2(C)CCNCC2)ccc1OCC(F)(F)F.Cl. The van der Waals surface area contributed by atoms with Crippen LogP contribution in [0.4, 0.5) is 13.2 Å². The summed E-state index contributed by atoms with van der Waals surface area (Å²) in [6.45, 7) is 3.39. The van der Waals surface area contributed by atoms with Crippen molar-refractivity contribution in [1.29, 1.82) is 0 Å². The van der Waals surface area contributed by atoms with Crippen LogP contribution >= 0.6 is 12.4 Å². The van der Waals surface area contributed by atoms with Crippen LogP contribution in [0.25, 0.3) is 0 Å². The number of benzene rings is 1. The van der Waals surface area contributed by atoms with Gasteiger partial charge in [-0.3, -0.25) is 4.79 Å². The van der Waals surface area contributed by atoms with Crippen LogP contribution in [0.2, 0.25) is 0 Å². The molecule has 0 radical (unpaired) electrons. The van der Waals surface area contributed by atoms with E-state index in [0.717, 1.165) is 31.5 Å². The quantitative estimate of drug-likeness (QED) is 0.670. The van der Waals surface area contributed by atoms with Crippen LogP contribution in [0.3, 0.4) is 0 Å². The number of piperidine rings is 1. The van der Waals surface area contributed by atoms with E-state index in [9.17, 15) is 18.0 Å². The van der Waals surface area contributed by atoms with E-state index in [0.29, 0.717) is 19.4 Å². The highest BCUT2D eigenvalue weighted by atomic mass is 35.5. The minimum atomic E-state index is -4.41. The van der Waals surface area contributed by atoms with Gasteiger partial charge in [-0.2, -0.15) is 13.2 Å². The third-order valence-electron chi connectivity index (χ3n) is 4.78. The molecule has 28 heavy (non-hydrogen) atoms. The Morgan fingerprint density at radius 2 is 1.93 bits per heavy atom. The average molecular weight is 425 g/mol. The fourth-order valence-electron chi connectivity index (χ4n) is 3.01. The van der Waals surface area contributed by atoms with Crippen molar-refractivity contribution in [3.63, 3.8) is 0 Å². The molecule has 1 fully saturated rings. The van der Waals surface area contributed by atoms with Gasteiger partial charge in [0.25, 0.3) is 0 Å². The second-order valence-corrected chi connectivity index (χ2v) is 7.23. The maximum absolute atomic E-state index is 12.3. The molecular weight excluding hydrogens is 397 g/mol. The zero-order valence-electron chi connectivity index (χ0n) is 16.2. The van der Waals surface area contributed by atoms with Crippen molar-refractivity contribution >= 4 is 18.3 Å². The topological polar surface area (TPSA) is 59.6 Å². The van der Waals surface area contributed by atoms with E-state index in [2.05, 4.69) is 17.6 Å². The number of nitrogens with one attached hydrogen (secondary N) is 2. The summed E-state index contributed by atoms with van der Waals surface area (Å²) in [4.78, 5) is 12.1. The van der Waals surface area contributed by atoms with Crippen molar-refractivity contribution < 1.29 is 27.4 Å². The van der Waals surface area contributed by atoms with E-state index in [1.165, 1.54) is 13.2 Å². The zero-order valence-corrected chi connectivity index (χ0v) is 17.0. The van der Waals surface area contributed by atoms with E-state index < -0.39 is 12.8 Å². The highest BCUT2D eigenvalue weighted by Crippen LogP contribution is 2.30. The highest BCUT2D eigenvalue weighted by molar-refractivity contribution is 5.85. The number of methoxy groups -OCH3 is 1. The molecule has 0 unspecified atom stereocenters. The van der Waals surface area contributed by atoms with Gasteiger partial charge in [0.05, 0.1) is 7.11 Å². The maximum atomic E-state index is 12.3. The summed E-state index contributed by atoms with van der Waals surface area (Å²) < 4.78 is 46.7. The number of carbonyl (C=O) groups is 1. The van der Waals surface area contributed by atoms with Crippen molar-refractivity contribution in [2.45, 2.75) is 38.8 Å². The maximum Gasteiger partial charge on any atom is 0.422 e. The molecule has 0 spiro atoms. The van der Waals surface area contributed by atoms with Gasteiger partial charge in [-0.15, -0.1) is 12.4 Å². The van der Waals surface area contributed by atoms with Crippen LogP contribution in [-0.2, 0) is 11.2 Å². The van der Waals surface area contributed by atoms with Crippen molar-refractivity contribution in [1.82, 2.24) is 10.6 Å². The molecule has 1 amide bonds. The van der Waals surface area contributed by atoms with Crippen molar-refractivity contribution in [3.8, 4) is 11.5 Å². The molecule has 9 heteroatoms. The molecule has 1 aliphatic rings. The van der Waals surface area contributed by atoms with Gasteiger partial charge in [0, 0.05) is 13.0 Å². The first kappa shape index (κ1) is 24.4. The Balaban J connectivity index is 0.00000392. The number of alkyl halides is 3. The number of halogens is 4. The van der Waals surface area contributed by atoms with Gasteiger partial charge in [-0.1, -0.05) is 13.0 Å². The van der Waals surface area contributed by atoms with Crippen LogP contribution in [0.1, 0.15) is 31.7 Å². The molecule has 0 atom stereocenters. The summed E-state index contributed by atoms with van der Waals surface area (Å²) in [7, 11) is 1.37. The lowest BCUT2D eigenvalue weighted by atomic mass is 9.81. The van der Waals surface area contributed by atoms with E-state index in [1.54, 1.807) is 12.1 Å². The molecule has 2 rings (SSSR count). The Bertz CT molecular complexity index is 635. The van der Waals surface area contributed by atoms with E-state index in [-0.39, 0.29) is 35.2 Å². The Kier molecular flexibility index (Phi) is 9.36. The van der Waals surface area contributed by atoms with Crippen LogP contribution in [0, 0.1) is 5.41 Å². The monoisotopic (exact) mass is 424 g/mol. The molecule has 2 N–H and O–H groups in total. The van der Waals surface area contributed by atoms with Gasteiger partial charge in [-0.05, 0) is 55.5 Å². The van der Waals surface area contributed by atoms with Crippen LogP contribution in [-0.4, -0.2) is 45.4 Å². The second-order valence-electron chi connectivity index (χ2n) is 7.23. The van der Waals surface area contributed by atoms with E-state index in [4.69, 9.17) is 9.47 Å². The van der Waals surface area contributed by atoms with Crippen molar-refractivity contribution in [3.05, 3.63) is 23.8 Å². The van der Waals surface area contributed by atoms with Crippen molar-refractivity contribution in [2.24, 2.45) is 5.41 Å². The fraction of sp³-hybridized carbons (Fsp3) is 0.632. The first-order chi connectivity index (χ1) is 12.7. The second kappa shape index (κ2) is 10.8. The zero-order chi connectivity index (χ0) is 19.9. The number of aryl methyl sites for hydroxylation is 1. The molecule has 1 saturated heterocycles. The minimum Gasteiger partial charge on any atom is -0.493 e. The predicted octanol–water partition coefficient (Wildman–Crippen LogP) is 3.50. The van der Waals surface area contributed by atoms with Gasteiger partial charge in [0.15, 0.2) is 18.1 Å². The Morgan fingerprint density at radius 1 is 1.25 bits per heavy atom. The fourth-order valence-corrected chi connectivity index (χ4v) is 3.01. The lowest BCUT2D eigenvalue weighted by molar-refractivity contribution is -0.153. The lowest BCUT2D eigenvalue weighted by Gasteiger charge is -2.34. The van der Waals surface area contributed by atoms with Crippen molar-refractivity contribution in [2.75, 3.05) is 33.4 Å². The third-order valence-corrected chi connectivity index (χ3v) is 4.78. The number of rotatable bonds is 8. The molecule has 1 heterocycles. The van der Waals surface area contributed by atoms with Crippen LogP contribution in [0.15, 0.2) is 18.2 Å². The standard InChI is InChI=1S/C19H27F3N2O3.ClH/c1-18(7-9-23-10-8-18)12-24-17(25)6-4-14-3-5-15(16(11-14)26-2)27-13-19(20,21)22;/h3,5,11,23H,4,6-10,12-13H2,1-2H3,(H,24,25);1H. The normalized spacial score (nSPS) is 16.0. The molecule has 0 saturated carbocycles. The summed E-state index contributed by atoms with van der Waals surface area (Å²) >= 11 is 0. The summed E-state index contributed by atoms with van der Waals surface area (Å²) in [6, 6.07) is 4.69. The first-order valence-corrected chi connectivity index (χ1v) is 9.05. The molecule has 0 aliphatic carbocycles. The molecule has 1 aliphatic heterocycles. The van der Waals surface area contributed by atoms with Gasteiger partial charge in [-0.25, -0.2) is 0 Å². The van der Waals surface area contributed by atoms with Crippen LogP contribution < -0.4 is 20.1 Å². The Morgan fingerprint density at radius 3 is 2.54 bits per heavy atom. The molecule has 0 aromatic heterocycles. The summed E-state index contributed by atoms with van der Waals surface area (Å²) in [6.07, 6.45) is -1.57. The minimum absolute atomic E-state index is 0. The largest absolute Gasteiger partial charge is 0.493 e. The number of hydrogen-bond acceptors (Lipinski definition) is 4. The van der Waals surface area contributed by atoms with E-state index >= 15 is 0 Å². The Labute approximate surface area is 169 Å². The lowest BCUT2D eigenvalue weighted by Crippen LogP contribution is -2.42. The summed E-state index contributed by atoms with van der Waals surface area (Å²) in [5.41, 5.74) is 0.927. The third kappa shape index (κ3) is 8.14. The number of carbonyl (C=O) groups excluding carboxylic acids is 1. The molecule has 160 valence electrons. The molecule has 1 aromatic rings. The smallest absolute Gasteiger partial charge is 0.422 e. The number of amides is 1. The molecule has 0 bridgehead atoms. The van der Waals surface area contributed by atoms with Crippen LogP contribution in [0.5, 0.6) is 11.5 Å². The van der Waals surface area contributed by atoms with Gasteiger partial charge in [0.1, 0.15) is 0 Å². The predicted molar refractivity (Wildman–Crippen MR) is 103 cm³/mol. The average Bonchev–Trinajstić information content (AvgIpc) is 2.63. The highest BCUT2D eigenvalue weighted by Gasteiger charge is 2.29.